The Hall–Kier alpha value is -5.34. The minimum Gasteiger partial charge on any atom is -0.308 e. The first-order valence-corrected chi connectivity index (χ1v) is 14.0. The number of benzene rings is 7. The van der Waals surface area contributed by atoms with Crippen LogP contribution in [0.1, 0.15) is 0 Å². The molecule has 0 amide bonds. The van der Waals surface area contributed by atoms with E-state index in [2.05, 4.69) is 130 Å². The second-order valence-corrected chi connectivity index (χ2v) is 11.4. The minimum absolute atomic E-state index is 1.28. The van der Waals surface area contributed by atoms with Crippen LogP contribution >= 0.6 is 0 Å². The molecule has 0 atom stereocenters. The molecule has 0 fully saturated rings. The number of hydrogen-bond donors (Lipinski definition) is 0. The van der Waals surface area contributed by atoms with Crippen LogP contribution in [-0.4, -0.2) is 8.80 Å². The molecule has 2 nitrogen and oxygen atoms in total. The van der Waals surface area contributed by atoms with E-state index in [1.165, 1.54) is 97.7 Å². The van der Waals surface area contributed by atoms with E-state index in [1.54, 1.807) is 0 Å². The molecular weight excluding hydrogens is 484 g/mol. The summed E-state index contributed by atoms with van der Waals surface area (Å²) in [5, 5.41) is 15.8. The van der Waals surface area contributed by atoms with Crippen LogP contribution in [0.3, 0.4) is 0 Å². The van der Waals surface area contributed by atoms with E-state index in [0.717, 1.165) is 0 Å². The Morgan fingerprint density at radius 1 is 0.300 bits per heavy atom. The first-order chi connectivity index (χ1) is 19.8. The number of rotatable bonds is 0. The van der Waals surface area contributed by atoms with Gasteiger partial charge in [0.15, 0.2) is 0 Å². The molecule has 0 N–H and O–H groups in total. The molecular formula is C38H20N2. The van der Waals surface area contributed by atoms with Crippen LogP contribution < -0.4 is 0 Å². The maximum Gasteiger partial charge on any atom is 0.0620 e. The second-order valence-electron chi connectivity index (χ2n) is 11.4. The highest BCUT2D eigenvalue weighted by Gasteiger charge is 2.22. The Morgan fingerprint density at radius 2 is 0.900 bits per heavy atom. The van der Waals surface area contributed by atoms with E-state index >= 15 is 0 Å². The maximum atomic E-state index is 2.52. The molecule has 7 aromatic carbocycles. The van der Waals surface area contributed by atoms with Gasteiger partial charge in [0, 0.05) is 43.1 Å². The summed E-state index contributed by atoms with van der Waals surface area (Å²) >= 11 is 0. The minimum atomic E-state index is 1.28. The van der Waals surface area contributed by atoms with Crippen molar-refractivity contribution < 1.29 is 0 Å². The Bertz CT molecular complexity index is 2860. The summed E-state index contributed by atoms with van der Waals surface area (Å²) < 4.78 is 5.01. The maximum absolute atomic E-state index is 2.52. The van der Waals surface area contributed by atoms with Crippen molar-refractivity contribution in [1.29, 1.82) is 0 Å². The molecule has 4 aromatic heterocycles. The molecule has 0 saturated carbocycles. The van der Waals surface area contributed by atoms with Crippen LogP contribution in [0.5, 0.6) is 0 Å². The fourth-order valence-electron chi connectivity index (χ4n) is 7.91. The molecule has 2 heteroatoms. The standard InChI is InChI=1S/C38H20N2/c1-2-8-22-18-29-23(17-21(22)7-1)15-16-33-36(29)28-13-6-12-27-31-19-30-26-11-5-10-25-24-9-3-4-14-32(24)39(37(25)26)34(30)20-35(31)40(33)38(27)28/h1-20H. The van der Waals surface area contributed by atoms with Crippen molar-refractivity contribution >= 4 is 97.7 Å². The van der Waals surface area contributed by atoms with Gasteiger partial charge < -0.3 is 8.80 Å². The fraction of sp³-hybridized carbons (Fsp3) is 0. The Balaban J connectivity index is 1.40. The summed E-state index contributed by atoms with van der Waals surface area (Å²) in [5.41, 5.74) is 7.77. The van der Waals surface area contributed by atoms with E-state index in [0.29, 0.717) is 0 Å². The fourth-order valence-corrected chi connectivity index (χ4v) is 7.91. The lowest BCUT2D eigenvalue weighted by molar-refractivity contribution is 1.35. The zero-order chi connectivity index (χ0) is 25.7. The lowest BCUT2D eigenvalue weighted by Crippen LogP contribution is -1.84. The monoisotopic (exact) mass is 504 g/mol. The van der Waals surface area contributed by atoms with Gasteiger partial charge in [0.25, 0.3) is 0 Å². The smallest absolute Gasteiger partial charge is 0.0620 e. The first-order valence-electron chi connectivity index (χ1n) is 14.0. The van der Waals surface area contributed by atoms with Gasteiger partial charge in [-0.1, -0.05) is 84.9 Å². The average molecular weight is 505 g/mol. The van der Waals surface area contributed by atoms with E-state index < -0.39 is 0 Å². The predicted molar refractivity (Wildman–Crippen MR) is 171 cm³/mol. The molecule has 0 bridgehead atoms. The Labute approximate surface area is 227 Å². The van der Waals surface area contributed by atoms with Crippen LogP contribution in [-0.2, 0) is 0 Å². The van der Waals surface area contributed by atoms with Gasteiger partial charge in [-0.2, -0.15) is 0 Å². The van der Waals surface area contributed by atoms with Crippen LogP contribution in [0, 0.1) is 0 Å². The average Bonchev–Trinajstić information content (AvgIpc) is 3.72. The molecule has 4 heterocycles. The van der Waals surface area contributed by atoms with Crippen molar-refractivity contribution in [3.63, 3.8) is 0 Å². The third kappa shape index (κ3) is 2.07. The van der Waals surface area contributed by atoms with Crippen molar-refractivity contribution in [2.45, 2.75) is 0 Å². The predicted octanol–water partition coefficient (Wildman–Crippen LogP) is 10.3. The van der Waals surface area contributed by atoms with Gasteiger partial charge in [0.05, 0.1) is 33.1 Å². The summed E-state index contributed by atoms with van der Waals surface area (Å²) in [6.45, 7) is 0. The Kier molecular flexibility index (Phi) is 3.17. The van der Waals surface area contributed by atoms with E-state index in [9.17, 15) is 0 Å². The van der Waals surface area contributed by atoms with Gasteiger partial charge in [-0.15, -0.1) is 0 Å². The molecule has 0 spiro atoms. The van der Waals surface area contributed by atoms with Gasteiger partial charge >= 0.3 is 0 Å². The highest BCUT2D eigenvalue weighted by molar-refractivity contribution is 6.32. The van der Waals surface area contributed by atoms with Crippen LogP contribution in [0.15, 0.2) is 121 Å². The largest absolute Gasteiger partial charge is 0.308 e. The summed E-state index contributed by atoms with van der Waals surface area (Å²) in [4.78, 5) is 0. The molecule has 182 valence electrons. The van der Waals surface area contributed by atoms with E-state index in [-0.39, 0.29) is 0 Å². The summed E-state index contributed by atoms with van der Waals surface area (Å²) in [7, 11) is 0. The van der Waals surface area contributed by atoms with Gasteiger partial charge in [-0.05, 0) is 57.9 Å². The lowest BCUT2D eigenvalue weighted by Gasteiger charge is -2.06. The number of para-hydroxylation sites is 3. The van der Waals surface area contributed by atoms with Crippen molar-refractivity contribution in [3.8, 4) is 0 Å². The normalized spacial score (nSPS) is 13.0. The first kappa shape index (κ1) is 19.7. The molecule has 0 aliphatic rings. The van der Waals surface area contributed by atoms with E-state index in [1.807, 2.05) is 0 Å². The van der Waals surface area contributed by atoms with Crippen LogP contribution in [0.2, 0.25) is 0 Å². The quantitative estimate of drug-likeness (QED) is 0.182. The van der Waals surface area contributed by atoms with Gasteiger partial charge in [0.1, 0.15) is 0 Å². The van der Waals surface area contributed by atoms with Gasteiger partial charge in [0.2, 0.25) is 0 Å². The van der Waals surface area contributed by atoms with Crippen molar-refractivity contribution in [3.05, 3.63) is 121 Å². The molecule has 0 aliphatic carbocycles. The third-order valence-corrected chi connectivity index (χ3v) is 9.50. The number of hydrogen-bond acceptors (Lipinski definition) is 0. The number of aromatic nitrogens is 2. The zero-order valence-electron chi connectivity index (χ0n) is 21.4. The summed E-state index contributed by atoms with van der Waals surface area (Å²) in [6, 6.07) is 45.4. The van der Waals surface area contributed by atoms with Gasteiger partial charge in [-0.25, -0.2) is 0 Å². The van der Waals surface area contributed by atoms with Crippen molar-refractivity contribution in [2.75, 3.05) is 0 Å². The molecule has 0 aliphatic heterocycles. The molecule has 0 unspecified atom stereocenters. The molecule has 0 saturated heterocycles. The molecule has 11 rings (SSSR count). The third-order valence-electron chi connectivity index (χ3n) is 9.50. The highest BCUT2D eigenvalue weighted by Crippen LogP contribution is 2.45. The van der Waals surface area contributed by atoms with Crippen LogP contribution in [0.4, 0.5) is 0 Å². The van der Waals surface area contributed by atoms with Crippen molar-refractivity contribution in [2.24, 2.45) is 0 Å². The second kappa shape index (κ2) is 6.44. The SMILES string of the molecule is c1ccc2cc3c(ccc4c3c3cccc5c6cc7c8cccc9c%10ccccc%10n(c7cc6n4c53)c98)cc2c1. The summed E-state index contributed by atoms with van der Waals surface area (Å²) in [5.74, 6) is 0. The van der Waals surface area contributed by atoms with Gasteiger partial charge in [-0.3, -0.25) is 0 Å². The molecule has 40 heavy (non-hydrogen) atoms. The number of fused-ring (bicyclic) bond motifs is 15. The molecule has 11 aromatic rings. The zero-order valence-corrected chi connectivity index (χ0v) is 21.4. The van der Waals surface area contributed by atoms with E-state index in [4.69, 9.17) is 0 Å². The van der Waals surface area contributed by atoms with Crippen LogP contribution in [0.25, 0.3) is 97.7 Å². The highest BCUT2D eigenvalue weighted by atomic mass is 14.9. The lowest BCUT2D eigenvalue weighted by atomic mass is 9.98. The molecule has 0 radical (unpaired) electrons. The van der Waals surface area contributed by atoms with Crippen molar-refractivity contribution in [1.82, 2.24) is 8.80 Å². The summed E-state index contributed by atoms with van der Waals surface area (Å²) in [6.07, 6.45) is 0. The number of nitrogens with zero attached hydrogens (tertiary/aromatic N) is 2. The Morgan fingerprint density at radius 3 is 1.70 bits per heavy atom. The topological polar surface area (TPSA) is 8.82 Å².